The Morgan fingerprint density at radius 1 is 0.929 bits per heavy atom. The molecular formula is C25H23NO2. The highest BCUT2D eigenvalue weighted by molar-refractivity contribution is 5.89. The average Bonchev–Trinajstić information content (AvgIpc) is 3.35. The highest BCUT2D eigenvalue weighted by Crippen LogP contribution is 2.64. The van der Waals surface area contributed by atoms with Crippen LogP contribution >= 0.6 is 0 Å². The highest BCUT2D eigenvalue weighted by atomic mass is 16.4. The Labute approximate surface area is 164 Å². The Bertz CT molecular complexity index is 1100. The second-order valence-electron chi connectivity index (χ2n) is 8.73. The zero-order valence-electron chi connectivity index (χ0n) is 15.6. The van der Waals surface area contributed by atoms with Crippen molar-refractivity contribution < 1.29 is 9.90 Å². The van der Waals surface area contributed by atoms with Gasteiger partial charge in [-0.25, -0.2) is 4.79 Å². The SMILES string of the molecule is O=C(O)c1ccc2c(c1)[C@@H]1[C@H]3CC[C@@H](C3)[C@@H]1[C@H](c1cccc3ccccc13)N2. The Hall–Kier alpha value is -2.81. The van der Waals surface area contributed by atoms with Crippen LogP contribution in [0.2, 0.25) is 0 Å². The van der Waals surface area contributed by atoms with Crippen molar-refractivity contribution in [2.45, 2.75) is 31.2 Å². The van der Waals surface area contributed by atoms with E-state index in [4.69, 9.17) is 0 Å². The van der Waals surface area contributed by atoms with Gasteiger partial charge < -0.3 is 10.4 Å². The first-order valence-electron chi connectivity index (χ1n) is 10.3. The van der Waals surface area contributed by atoms with Gasteiger partial charge in [0.25, 0.3) is 0 Å². The van der Waals surface area contributed by atoms with Crippen molar-refractivity contribution in [2.24, 2.45) is 17.8 Å². The zero-order valence-corrected chi connectivity index (χ0v) is 15.6. The Morgan fingerprint density at radius 3 is 2.64 bits per heavy atom. The molecule has 1 aliphatic heterocycles. The number of benzene rings is 3. The number of carboxylic acids is 1. The highest BCUT2D eigenvalue weighted by Gasteiger charge is 2.54. The first kappa shape index (κ1) is 16.2. The molecule has 2 aliphatic carbocycles. The largest absolute Gasteiger partial charge is 0.478 e. The summed E-state index contributed by atoms with van der Waals surface area (Å²) in [6.07, 6.45) is 3.88. The number of carboxylic acid groups (broad SMARTS) is 1. The van der Waals surface area contributed by atoms with Crippen molar-refractivity contribution in [3.8, 4) is 0 Å². The van der Waals surface area contributed by atoms with Gasteiger partial charge in [0, 0.05) is 5.69 Å². The van der Waals surface area contributed by atoms with Crippen LogP contribution in [0.5, 0.6) is 0 Å². The fourth-order valence-corrected chi connectivity index (χ4v) is 6.45. The summed E-state index contributed by atoms with van der Waals surface area (Å²) in [5.74, 6) is 1.60. The number of carbonyl (C=O) groups is 1. The van der Waals surface area contributed by atoms with Gasteiger partial charge >= 0.3 is 5.97 Å². The molecule has 0 saturated heterocycles. The van der Waals surface area contributed by atoms with E-state index in [0.717, 1.165) is 11.6 Å². The smallest absolute Gasteiger partial charge is 0.335 e. The monoisotopic (exact) mass is 369 g/mol. The molecule has 2 fully saturated rings. The molecule has 3 heteroatoms. The quantitative estimate of drug-likeness (QED) is 0.597. The molecule has 1 heterocycles. The lowest BCUT2D eigenvalue weighted by Gasteiger charge is -2.44. The van der Waals surface area contributed by atoms with Crippen molar-refractivity contribution >= 4 is 22.4 Å². The van der Waals surface area contributed by atoms with Crippen LogP contribution in [0.4, 0.5) is 5.69 Å². The third kappa shape index (κ3) is 2.19. The summed E-state index contributed by atoms with van der Waals surface area (Å²) in [5.41, 5.74) is 4.14. The van der Waals surface area contributed by atoms with Crippen LogP contribution in [0.25, 0.3) is 10.8 Å². The van der Waals surface area contributed by atoms with Gasteiger partial charge in [0.1, 0.15) is 0 Å². The summed E-state index contributed by atoms with van der Waals surface area (Å²) in [6.45, 7) is 0. The van der Waals surface area contributed by atoms with Crippen LogP contribution in [0.3, 0.4) is 0 Å². The van der Waals surface area contributed by atoms with Crippen LogP contribution in [0.1, 0.15) is 52.7 Å². The predicted molar refractivity (Wildman–Crippen MR) is 111 cm³/mol. The first-order chi connectivity index (χ1) is 13.7. The van der Waals surface area contributed by atoms with Crippen molar-refractivity contribution in [1.29, 1.82) is 0 Å². The van der Waals surface area contributed by atoms with E-state index in [0.29, 0.717) is 23.3 Å². The Kier molecular flexibility index (Phi) is 3.37. The molecule has 3 aliphatic rings. The van der Waals surface area contributed by atoms with E-state index in [2.05, 4.69) is 47.8 Å². The number of rotatable bonds is 2. The minimum absolute atomic E-state index is 0.287. The third-order valence-electron chi connectivity index (χ3n) is 7.49. The second kappa shape index (κ2) is 5.84. The van der Waals surface area contributed by atoms with Gasteiger partial charge in [0.05, 0.1) is 11.6 Å². The number of aromatic carboxylic acids is 1. The molecule has 5 atom stereocenters. The Balaban J connectivity index is 1.54. The molecule has 2 bridgehead atoms. The molecule has 3 aromatic carbocycles. The number of fused-ring (bicyclic) bond motifs is 8. The minimum atomic E-state index is -0.835. The molecule has 0 unspecified atom stereocenters. The van der Waals surface area contributed by atoms with Crippen LogP contribution < -0.4 is 5.32 Å². The molecule has 0 spiro atoms. The van der Waals surface area contributed by atoms with Gasteiger partial charge in [-0.3, -0.25) is 0 Å². The lowest BCUT2D eigenvalue weighted by Crippen LogP contribution is -2.35. The van der Waals surface area contributed by atoms with Gasteiger partial charge in [0.15, 0.2) is 0 Å². The zero-order chi connectivity index (χ0) is 18.8. The molecule has 6 rings (SSSR count). The van der Waals surface area contributed by atoms with E-state index < -0.39 is 5.97 Å². The third-order valence-corrected chi connectivity index (χ3v) is 7.49. The van der Waals surface area contributed by atoms with E-state index in [-0.39, 0.29) is 6.04 Å². The molecule has 3 nitrogen and oxygen atoms in total. The van der Waals surface area contributed by atoms with Gasteiger partial charge in [-0.2, -0.15) is 0 Å². The second-order valence-corrected chi connectivity index (χ2v) is 8.73. The molecule has 0 aromatic heterocycles. The average molecular weight is 369 g/mol. The number of nitrogens with one attached hydrogen (secondary N) is 1. The molecule has 2 saturated carbocycles. The molecule has 3 aromatic rings. The normalized spacial score (nSPS) is 29.9. The van der Waals surface area contributed by atoms with Crippen LogP contribution in [0, 0.1) is 17.8 Å². The molecular weight excluding hydrogens is 346 g/mol. The topological polar surface area (TPSA) is 49.3 Å². The lowest BCUT2D eigenvalue weighted by molar-refractivity contribution is 0.0696. The van der Waals surface area contributed by atoms with Crippen LogP contribution in [-0.4, -0.2) is 11.1 Å². The predicted octanol–water partition coefficient (Wildman–Crippen LogP) is 5.83. The summed E-state index contributed by atoms with van der Waals surface area (Å²) in [7, 11) is 0. The minimum Gasteiger partial charge on any atom is -0.478 e. The van der Waals surface area contributed by atoms with E-state index in [1.54, 1.807) is 6.07 Å². The van der Waals surface area contributed by atoms with Gasteiger partial charge in [-0.1, -0.05) is 42.5 Å². The van der Waals surface area contributed by atoms with Gasteiger partial charge in [-0.05, 0) is 83.0 Å². The van der Waals surface area contributed by atoms with Gasteiger partial charge in [-0.15, -0.1) is 0 Å². The van der Waals surface area contributed by atoms with E-state index >= 15 is 0 Å². The number of hydrogen-bond donors (Lipinski definition) is 2. The van der Waals surface area contributed by atoms with Gasteiger partial charge in [0.2, 0.25) is 0 Å². The standard InChI is InChI=1S/C25H23NO2/c27-25(28)17-10-11-21-20(13-17)22-15-8-9-16(12-15)23(22)24(26-21)19-7-3-5-14-4-1-2-6-18(14)19/h1-7,10-11,13,15-16,22-24,26H,8-9,12H2,(H,27,28)/t15-,16-,22-,23-,24-/m0/s1. The van der Waals surface area contributed by atoms with Crippen molar-refractivity contribution in [3.05, 3.63) is 77.4 Å². The summed E-state index contributed by atoms with van der Waals surface area (Å²) >= 11 is 0. The molecule has 28 heavy (non-hydrogen) atoms. The molecule has 140 valence electrons. The van der Waals surface area contributed by atoms with Crippen molar-refractivity contribution in [3.63, 3.8) is 0 Å². The number of anilines is 1. The van der Waals surface area contributed by atoms with E-state index in [1.165, 1.54) is 41.2 Å². The Morgan fingerprint density at radius 2 is 1.75 bits per heavy atom. The molecule has 2 N–H and O–H groups in total. The maximum Gasteiger partial charge on any atom is 0.335 e. The van der Waals surface area contributed by atoms with Crippen LogP contribution in [0.15, 0.2) is 60.7 Å². The van der Waals surface area contributed by atoms with E-state index in [1.807, 2.05) is 12.1 Å². The summed E-state index contributed by atoms with van der Waals surface area (Å²) in [6, 6.07) is 21.2. The molecule has 0 radical (unpaired) electrons. The van der Waals surface area contributed by atoms with E-state index in [9.17, 15) is 9.90 Å². The van der Waals surface area contributed by atoms with Crippen molar-refractivity contribution in [2.75, 3.05) is 5.32 Å². The lowest BCUT2D eigenvalue weighted by atomic mass is 9.67. The summed E-state index contributed by atoms with van der Waals surface area (Å²) in [4.78, 5) is 11.6. The maximum absolute atomic E-state index is 11.6. The molecule has 0 amide bonds. The fraction of sp³-hybridized carbons (Fsp3) is 0.320. The summed E-state index contributed by atoms with van der Waals surface area (Å²) < 4.78 is 0. The summed E-state index contributed by atoms with van der Waals surface area (Å²) in [5, 5.41) is 15.9. The first-order valence-corrected chi connectivity index (χ1v) is 10.3. The fourth-order valence-electron chi connectivity index (χ4n) is 6.45. The van der Waals surface area contributed by atoms with Crippen molar-refractivity contribution in [1.82, 2.24) is 0 Å². The number of hydrogen-bond acceptors (Lipinski definition) is 2. The van der Waals surface area contributed by atoms with Crippen LogP contribution in [-0.2, 0) is 0 Å². The maximum atomic E-state index is 11.6.